The third-order valence-electron chi connectivity index (χ3n) is 2.98. The molecule has 0 aliphatic heterocycles. The predicted molar refractivity (Wildman–Crippen MR) is 83.9 cm³/mol. The summed E-state index contributed by atoms with van der Waals surface area (Å²) < 4.78 is 1.15. The van der Waals surface area contributed by atoms with E-state index in [1.165, 1.54) is 0 Å². The lowest BCUT2D eigenvalue weighted by Gasteiger charge is -2.07. The number of benzene rings is 1. The summed E-state index contributed by atoms with van der Waals surface area (Å²) in [4.78, 5) is 16.1. The van der Waals surface area contributed by atoms with Crippen molar-refractivity contribution in [2.75, 3.05) is 6.54 Å². The molecule has 2 aromatic rings. The Morgan fingerprint density at radius 2 is 2.10 bits per heavy atom. The number of para-hydroxylation sites is 1. The lowest BCUT2D eigenvalue weighted by Crippen LogP contribution is -2.35. The first kappa shape index (κ1) is 14.8. The topological polar surface area (TPSA) is 54.0 Å². The second kappa shape index (κ2) is 7.24. The molecule has 0 aliphatic carbocycles. The van der Waals surface area contributed by atoms with Gasteiger partial charge < -0.3 is 10.6 Å². The van der Waals surface area contributed by atoms with Crippen molar-refractivity contribution in [1.82, 2.24) is 15.6 Å². The Morgan fingerprint density at radius 3 is 2.85 bits per heavy atom. The number of hydrogen-bond donors (Lipinski definition) is 2. The molecule has 20 heavy (non-hydrogen) atoms. The molecule has 1 aromatic heterocycles. The molecule has 2 N–H and O–H groups in total. The van der Waals surface area contributed by atoms with Gasteiger partial charge in [-0.2, -0.15) is 0 Å². The van der Waals surface area contributed by atoms with Gasteiger partial charge >= 0.3 is 6.03 Å². The highest BCUT2D eigenvalue weighted by molar-refractivity contribution is 7.18. The van der Waals surface area contributed by atoms with E-state index in [4.69, 9.17) is 0 Å². The van der Waals surface area contributed by atoms with E-state index in [1.807, 2.05) is 24.3 Å². The van der Waals surface area contributed by atoms with Crippen LogP contribution >= 0.6 is 11.3 Å². The Kier molecular flexibility index (Phi) is 5.35. The van der Waals surface area contributed by atoms with Crippen LogP contribution in [0.3, 0.4) is 0 Å². The van der Waals surface area contributed by atoms with E-state index in [2.05, 4.69) is 29.5 Å². The Morgan fingerprint density at radius 1 is 1.30 bits per heavy atom. The van der Waals surface area contributed by atoms with Crippen LogP contribution < -0.4 is 10.6 Å². The predicted octanol–water partition coefficient (Wildman–Crippen LogP) is 3.53. The molecular weight excluding hydrogens is 270 g/mol. The molecule has 108 valence electrons. The van der Waals surface area contributed by atoms with Gasteiger partial charge in [0, 0.05) is 6.54 Å². The summed E-state index contributed by atoms with van der Waals surface area (Å²) in [5, 5.41) is 6.65. The van der Waals surface area contributed by atoms with Crippen LogP contribution in [0.2, 0.25) is 0 Å². The molecular formula is C15H21N3OS. The number of carbonyl (C=O) groups excluding carboxylic acids is 1. The number of fused-ring (bicyclic) bond motifs is 1. The molecule has 1 aromatic carbocycles. The highest BCUT2D eigenvalue weighted by Gasteiger charge is 2.05. The second-order valence-corrected chi connectivity index (χ2v) is 6.34. The summed E-state index contributed by atoms with van der Waals surface area (Å²) in [6.07, 6.45) is 2.16. The summed E-state index contributed by atoms with van der Waals surface area (Å²) in [7, 11) is 0. The molecule has 0 bridgehead atoms. The van der Waals surface area contributed by atoms with E-state index in [0.717, 1.165) is 34.6 Å². The zero-order valence-electron chi connectivity index (χ0n) is 12.0. The van der Waals surface area contributed by atoms with Crippen molar-refractivity contribution >= 4 is 27.6 Å². The SMILES string of the molecule is CC(C)CCCNC(=O)NCc1nc2ccccc2s1. The molecule has 0 fully saturated rings. The zero-order chi connectivity index (χ0) is 14.4. The van der Waals surface area contributed by atoms with Crippen LogP contribution in [0.25, 0.3) is 10.2 Å². The van der Waals surface area contributed by atoms with Gasteiger partial charge in [-0.05, 0) is 30.9 Å². The fraction of sp³-hybridized carbons (Fsp3) is 0.467. The van der Waals surface area contributed by atoms with Crippen molar-refractivity contribution in [1.29, 1.82) is 0 Å². The van der Waals surface area contributed by atoms with E-state index in [1.54, 1.807) is 11.3 Å². The van der Waals surface area contributed by atoms with Crippen LogP contribution in [0, 0.1) is 5.92 Å². The van der Waals surface area contributed by atoms with Crippen molar-refractivity contribution in [3.63, 3.8) is 0 Å². The molecule has 0 radical (unpaired) electrons. The number of nitrogens with zero attached hydrogens (tertiary/aromatic N) is 1. The molecule has 2 rings (SSSR count). The van der Waals surface area contributed by atoms with Gasteiger partial charge in [-0.3, -0.25) is 0 Å². The highest BCUT2D eigenvalue weighted by atomic mass is 32.1. The van der Waals surface area contributed by atoms with Gasteiger partial charge in [0.2, 0.25) is 0 Å². The first-order valence-corrected chi connectivity index (χ1v) is 7.83. The number of rotatable bonds is 6. The molecule has 0 atom stereocenters. The van der Waals surface area contributed by atoms with Gasteiger partial charge in [0.25, 0.3) is 0 Å². The van der Waals surface area contributed by atoms with Crippen molar-refractivity contribution < 1.29 is 4.79 Å². The molecule has 5 heteroatoms. The molecule has 0 unspecified atom stereocenters. The van der Waals surface area contributed by atoms with Crippen molar-refractivity contribution in [2.24, 2.45) is 5.92 Å². The molecule has 1 heterocycles. The van der Waals surface area contributed by atoms with Gasteiger partial charge in [0.05, 0.1) is 16.8 Å². The van der Waals surface area contributed by atoms with Gasteiger partial charge in [0.15, 0.2) is 0 Å². The summed E-state index contributed by atoms with van der Waals surface area (Å²) in [5.74, 6) is 0.683. The number of aromatic nitrogens is 1. The summed E-state index contributed by atoms with van der Waals surface area (Å²) in [6, 6.07) is 7.89. The largest absolute Gasteiger partial charge is 0.338 e. The lowest BCUT2D eigenvalue weighted by atomic mass is 10.1. The Hall–Kier alpha value is -1.62. The standard InChI is InChI=1S/C15H21N3OS/c1-11(2)6-5-9-16-15(19)17-10-14-18-12-7-3-4-8-13(12)20-14/h3-4,7-8,11H,5-6,9-10H2,1-2H3,(H2,16,17,19). The van der Waals surface area contributed by atoms with Gasteiger partial charge in [0.1, 0.15) is 5.01 Å². The Labute approximate surface area is 123 Å². The van der Waals surface area contributed by atoms with Crippen LogP contribution in [0.5, 0.6) is 0 Å². The number of carbonyl (C=O) groups is 1. The Bertz CT molecular complexity index is 532. The van der Waals surface area contributed by atoms with Crippen LogP contribution in [-0.2, 0) is 6.54 Å². The normalized spacial score (nSPS) is 10.9. The van der Waals surface area contributed by atoms with Crippen molar-refractivity contribution in [3.05, 3.63) is 29.3 Å². The van der Waals surface area contributed by atoms with E-state index < -0.39 is 0 Å². The number of thiazole rings is 1. The van der Waals surface area contributed by atoms with Gasteiger partial charge in [-0.15, -0.1) is 11.3 Å². The van der Waals surface area contributed by atoms with Crippen LogP contribution in [0.15, 0.2) is 24.3 Å². The molecule has 2 amide bonds. The number of urea groups is 1. The van der Waals surface area contributed by atoms with E-state index >= 15 is 0 Å². The van der Waals surface area contributed by atoms with Gasteiger partial charge in [-0.25, -0.2) is 9.78 Å². The summed E-state index contributed by atoms with van der Waals surface area (Å²) in [6.45, 7) is 5.58. The highest BCUT2D eigenvalue weighted by Crippen LogP contribution is 2.21. The Balaban J connectivity index is 1.73. The average Bonchev–Trinajstić information content (AvgIpc) is 2.84. The molecule has 0 saturated carbocycles. The lowest BCUT2D eigenvalue weighted by molar-refractivity contribution is 0.240. The number of nitrogens with one attached hydrogen (secondary N) is 2. The molecule has 0 aliphatic rings. The van der Waals surface area contributed by atoms with Crippen LogP contribution in [-0.4, -0.2) is 17.6 Å². The maximum Gasteiger partial charge on any atom is 0.315 e. The minimum absolute atomic E-state index is 0.118. The van der Waals surface area contributed by atoms with E-state index in [9.17, 15) is 4.79 Å². The minimum atomic E-state index is -0.118. The first-order valence-electron chi connectivity index (χ1n) is 7.01. The molecule has 0 saturated heterocycles. The zero-order valence-corrected chi connectivity index (χ0v) is 12.8. The van der Waals surface area contributed by atoms with Crippen molar-refractivity contribution in [2.45, 2.75) is 33.2 Å². The molecule has 0 spiro atoms. The monoisotopic (exact) mass is 291 g/mol. The van der Waals surface area contributed by atoms with E-state index in [-0.39, 0.29) is 6.03 Å². The third-order valence-corrected chi connectivity index (χ3v) is 4.02. The summed E-state index contributed by atoms with van der Waals surface area (Å²) in [5.41, 5.74) is 0.992. The van der Waals surface area contributed by atoms with Gasteiger partial charge in [-0.1, -0.05) is 26.0 Å². The smallest absolute Gasteiger partial charge is 0.315 e. The number of amides is 2. The van der Waals surface area contributed by atoms with Crippen LogP contribution in [0.1, 0.15) is 31.7 Å². The minimum Gasteiger partial charge on any atom is -0.338 e. The van der Waals surface area contributed by atoms with E-state index in [0.29, 0.717) is 12.5 Å². The third kappa shape index (κ3) is 4.49. The maximum absolute atomic E-state index is 11.6. The number of hydrogen-bond acceptors (Lipinski definition) is 3. The second-order valence-electron chi connectivity index (χ2n) is 5.22. The quantitative estimate of drug-likeness (QED) is 0.800. The maximum atomic E-state index is 11.6. The fourth-order valence-corrected chi connectivity index (χ4v) is 2.83. The fourth-order valence-electron chi connectivity index (χ4n) is 1.93. The van der Waals surface area contributed by atoms with Crippen molar-refractivity contribution in [3.8, 4) is 0 Å². The average molecular weight is 291 g/mol. The van der Waals surface area contributed by atoms with Crippen LogP contribution in [0.4, 0.5) is 4.79 Å². The first-order chi connectivity index (χ1) is 9.65. The molecule has 4 nitrogen and oxygen atoms in total. The summed E-state index contributed by atoms with van der Waals surface area (Å²) >= 11 is 1.62.